The fraction of sp³-hybridized carbons (Fsp3) is 0.686. The smallest absolute Gasteiger partial charge is 0.338 e. The van der Waals surface area contributed by atoms with Crippen LogP contribution in [0.1, 0.15) is 104 Å². The zero-order valence-corrected chi connectivity index (χ0v) is 32.6. The molecule has 1 aromatic carbocycles. The molecule has 2 rings (SSSR count). The van der Waals surface area contributed by atoms with Crippen LogP contribution in [-0.4, -0.2) is 125 Å². The lowest BCUT2D eigenvalue weighted by atomic mass is 9.89. The maximum Gasteiger partial charge on any atom is 0.338 e. The number of urea groups is 1. The van der Waals surface area contributed by atoms with E-state index in [9.17, 15) is 49.5 Å². The number of esters is 3. The van der Waals surface area contributed by atoms with Crippen molar-refractivity contribution in [3.63, 3.8) is 0 Å². The van der Waals surface area contributed by atoms with Crippen LogP contribution in [0.2, 0.25) is 0 Å². The van der Waals surface area contributed by atoms with Gasteiger partial charge in [0.25, 0.3) is 5.91 Å². The van der Waals surface area contributed by atoms with Crippen LogP contribution in [0.5, 0.6) is 17.2 Å². The Morgan fingerprint density at radius 3 is 1.88 bits per heavy atom. The molecule has 0 radical (unpaired) electrons. The number of phenolic OH excluding ortho intramolecular Hbond substituents is 3. The molecule has 52 heavy (non-hydrogen) atoms. The first-order valence-electron chi connectivity index (χ1n) is 17.4. The molecule has 2 atom stereocenters. The fourth-order valence-electron chi connectivity index (χ4n) is 5.40. The van der Waals surface area contributed by atoms with Crippen molar-refractivity contribution < 1.29 is 63.7 Å². The molecule has 1 aromatic rings. The number of benzene rings is 1. The molecule has 1 fully saturated rings. The molecule has 17 heteroatoms. The van der Waals surface area contributed by atoms with Crippen molar-refractivity contribution in [2.45, 2.75) is 122 Å². The second-order valence-corrected chi connectivity index (χ2v) is 16.2. The number of amides is 3. The van der Waals surface area contributed by atoms with Crippen molar-refractivity contribution in [3.8, 4) is 17.2 Å². The molecule has 2 unspecified atom stereocenters. The van der Waals surface area contributed by atoms with Crippen molar-refractivity contribution in [1.82, 2.24) is 9.80 Å². The van der Waals surface area contributed by atoms with Gasteiger partial charge in [-0.3, -0.25) is 19.3 Å². The van der Waals surface area contributed by atoms with E-state index in [1.165, 1.54) is 35.4 Å². The third-order valence-corrected chi connectivity index (χ3v) is 11.8. The fourth-order valence-corrected chi connectivity index (χ4v) is 7.35. The first-order valence-corrected chi connectivity index (χ1v) is 19.9. The van der Waals surface area contributed by atoms with Crippen LogP contribution in [0.4, 0.5) is 4.79 Å². The van der Waals surface area contributed by atoms with Crippen LogP contribution in [-0.2, 0) is 28.6 Å². The average Bonchev–Trinajstić information content (AvgIpc) is 3.25. The number of nitrogens with zero attached hydrogens (tertiary/aromatic N) is 2. The Morgan fingerprint density at radius 1 is 0.827 bits per heavy atom. The van der Waals surface area contributed by atoms with Gasteiger partial charge in [-0.15, -0.1) is 0 Å². The number of imide groups is 1. The second kappa shape index (κ2) is 19.6. The van der Waals surface area contributed by atoms with E-state index in [1.807, 2.05) is 20.8 Å². The largest absolute Gasteiger partial charge is 0.504 e. The Kier molecular flexibility index (Phi) is 16.9. The maximum absolute atomic E-state index is 13.4. The minimum absolute atomic E-state index is 0.0586. The van der Waals surface area contributed by atoms with E-state index in [0.717, 1.165) is 34.8 Å². The third-order valence-electron chi connectivity index (χ3n) is 9.36. The second-order valence-electron chi connectivity index (χ2n) is 13.5. The predicted octanol–water partition coefficient (Wildman–Crippen LogP) is 4.50. The van der Waals surface area contributed by atoms with Crippen LogP contribution in [0, 0.1) is 0 Å². The van der Waals surface area contributed by atoms with Crippen molar-refractivity contribution in [2.24, 2.45) is 0 Å². The van der Waals surface area contributed by atoms with Gasteiger partial charge in [-0.05, 0) is 58.6 Å². The van der Waals surface area contributed by atoms with Crippen LogP contribution in [0.3, 0.4) is 0 Å². The van der Waals surface area contributed by atoms with Gasteiger partial charge in [-0.2, -0.15) is 0 Å². The summed E-state index contributed by atoms with van der Waals surface area (Å²) in [6, 6.07) is 1.09. The van der Waals surface area contributed by atoms with Crippen LogP contribution in [0.15, 0.2) is 12.1 Å². The number of aromatic hydroxyl groups is 3. The van der Waals surface area contributed by atoms with Crippen LogP contribution < -0.4 is 0 Å². The molecule has 0 aliphatic carbocycles. The highest BCUT2D eigenvalue weighted by Gasteiger charge is 2.52. The van der Waals surface area contributed by atoms with E-state index in [0.29, 0.717) is 11.5 Å². The SMILES string of the molecule is CCC(C)(CC)OC(=O)CCSSCCC(=O)OCC(O)CN1C(=O)N(CC(O)CC(CC)(CC)OC(=O)c2cc(O)c(O)c(O)c2)C(=O)C1(C)C. The molecule has 0 saturated carbocycles. The van der Waals surface area contributed by atoms with E-state index in [1.54, 1.807) is 13.8 Å². The summed E-state index contributed by atoms with van der Waals surface area (Å²) in [7, 11) is 2.84. The van der Waals surface area contributed by atoms with Gasteiger partial charge in [0.15, 0.2) is 17.2 Å². The first kappa shape index (κ1) is 44.7. The van der Waals surface area contributed by atoms with Crippen molar-refractivity contribution in [3.05, 3.63) is 17.7 Å². The molecule has 0 aromatic heterocycles. The summed E-state index contributed by atoms with van der Waals surface area (Å²) >= 11 is 0. The lowest BCUT2D eigenvalue weighted by molar-refractivity contribution is -0.158. The number of β-amino-alcohol motifs (C(OH)–C–C–N with tert-alkyl or cyclic N) is 2. The summed E-state index contributed by atoms with van der Waals surface area (Å²) in [5, 5.41) is 50.8. The summed E-state index contributed by atoms with van der Waals surface area (Å²) in [6.45, 7) is 11.1. The third kappa shape index (κ3) is 12.1. The van der Waals surface area contributed by atoms with Crippen LogP contribution >= 0.6 is 21.6 Å². The molecule has 1 heterocycles. The molecule has 1 aliphatic heterocycles. The molecule has 294 valence electrons. The number of carbonyl (C=O) groups excluding carboxylic acids is 5. The van der Waals surface area contributed by atoms with E-state index in [-0.39, 0.29) is 50.2 Å². The topological polar surface area (TPSA) is 221 Å². The van der Waals surface area contributed by atoms with E-state index >= 15 is 0 Å². The quantitative estimate of drug-likeness (QED) is 0.0273. The summed E-state index contributed by atoms with van der Waals surface area (Å²) < 4.78 is 16.4. The molecule has 5 N–H and O–H groups in total. The number of rotatable bonds is 22. The number of phenols is 3. The molecule has 0 bridgehead atoms. The maximum atomic E-state index is 13.4. The zero-order chi connectivity index (χ0) is 39.4. The summed E-state index contributed by atoms with van der Waals surface area (Å²) in [6.07, 6.45) is -0.556. The average molecular weight is 775 g/mol. The lowest BCUT2D eigenvalue weighted by Gasteiger charge is -2.34. The van der Waals surface area contributed by atoms with Crippen molar-refractivity contribution >= 4 is 51.4 Å². The van der Waals surface area contributed by atoms with Gasteiger partial charge in [0, 0.05) is 17.9 Å². The van der Waals surface area contributed by atoms with E-state index in [2.05, 4.69) is 0 Å². The molecular weight excluding hydrogens is 721 g/mol. The number of hydrogen-bond donors (Lipinski definition) is 5. The van der Waals surface area contributed by atoms with E-state index in [4.69, 9.17) is 14.2 Å². The highest BCUT2D eigenvalue weighted by Crippen LogP contribution is 2.37. The summed E-state index contributed by atoms with van der Waals surface area (Å²) in [4.78, 5) is 65.9. The molecular formula is C35H54N2O13S2. The number of aliphatic hydroxyl groups excluding tert-OH is 2. The molecule has 3 amide bonds. The Morgan fingerprint density at radius 2 is 1.37 bits per heavy atom. The molecule has 1 aliphatic rings. The highest BCUT2D eigenvalue weighted by atomic mass is 33.1. The Balaban J connectivity index is 1.87. The number of hydrogen-bond acceptors (Lipinski definition) is 15. The standard InChI is InChI=1S/C35H54N2O13S2/c1-8-34(7,9-2)49-28(43)13-15-52-51-14-12-27(42)48-21-24(39)20-37-32(47)36(31(46)33(37,5)6)19-23(38)18-35(10-3,11-4)50-30(45)22-16-25(40)29(44)26(41)17-22/h16-17,23-24,38-41,44H,8-15,18-21H2,1-7H3. The number of aliphatic hydroxyl groups is 2. The normalized spacial score (nSPS) is 15.8. The predicted molar refractivity (Wildman–Crippen MR) is 195 cm³/mol. The summed E-state index contributed by atoms with van der Waals surface area (Å²) in [5.41, 5.74) is -3.35. The number of ether oxygens (including phenoxy) is 3. The molecule has 1 saturated heterocycles. The minimum Gasteiger partial charge on any atom is -0.504 e. The van der Waals surface area contributed by atoms with Gasteiger partial charge in [0.2, 0.25) is 0 Å². The lowest BCUT2D eigenvalue weighted by Crippen LogP contribution is -2.48. The van der Waals surface area contributed by atoms with Crippen molar-refractivity contribution in [2.75, 3.05) is 31.2 Å². The van der Waals surface area contributed by atoms with Gasteiger partial charge in [-0.25, -0.2) is 9.59 Å². The van der Waals surface area contributed by atoms with Gasteiger partial charge in [-0.1, -0.05) is 49.3 Å². The number of carbonyl (C=O) groups is 5. The van der Waals surface area contributed by atoms with Gasteiger partial charge in [0.1, 0.15) is 29.5 Å². The molecule has 15 nitrogen and oxygen atoms in total. The van der Waals surface area contributed by atoms with Gasteiger partial charge < -0.3 is 44.6 Å². The minimum atomic E-state index is -1.39. The highest BCUT2D eigenvalue weighted by molar-refractivity contribution is 8.76. The van der Waals surface area contributed by atoms with Crippen LogP contribution in [0.25, 0.3) is 0 Å². The van der Waals surface area contributed by atoms with E-state index < -0.39 is 83.2 Å². The zero-order valence-electron chi connectivity index (χ0n) is 31.0. The first-order chi connectivity index (χ1) is 24.3. The molecule has 0 spiro atoms. The Labute approximate surface area is 312 Å². The van der Waals surface area contributed by atoms with Gasteiger partial charge in [0.05, 0.1) is 37.6 Å². The van der Waals surface area contributed by atoms with Gasteiger partial charge >= 0.3 is 23.9 Å². The monoisotopic (exact) mass is 774 g/mol. The van der Waals surface area contributed by atoms with Crippen molar-refractivity contribution in [1.29, 1.82) is 0 Å². The Hall–Kier alpha value is -3.41. The summed E-state index contributed by atoms with van der Waals surface area (Å²) in [5.74, 6) is -3.69. The Bertz CT molecular complexity index is 1390.